The summed E-state index contributed by atoms with van der Waals surface area (Å²) in [5.74, 6) is 0. The third-order valence-electron chi connectivity index (χ3n) is 3.45. The largest absolute Gasteiger partial charge is 0.348 e. The Balaban J connectivity index is 2.49. The van der Waals surface area contributed by atoms with Crippen molar-refractivity contribution in [1.82, 2.24) is 9.88 Å². The van der Waals surface area contributed by atoms with Crippen LogP contribution in [-0.2, 0) is 13.6 Å². The first-order valence-electron chi connectivity index (χ1n) is 5.90. The molecule has 0 saturated carbocycles. The maximum Gasteiger partial charge on any atom is 0.0482 e. The minimum Gasteiger partial charge on any atom is -0.348 e. The summed E-state index contributed by atoms with van der Waals surface area (Å²) < 4.78 is 2.27. The Kier molecular flexibility index (Phi) is 3.01. The van der Waals surface area contributed by atoms with Crippen molar-refractivity contribution in [2.75, 3.05) is 6.54 Å². The fourth-order valence-corrected chi connectivity index (χ4v) is 2.18. The van der Waals surface area contributed by atoms with E-state index in [-0.39, 0.29) is 0 Å². The van der Waals surface area contributed by atoms with Gasteiger partial charge in [-0.3, -0.25) is 0 Å². The number of hydrogen-bond acceptors (Lipinski definition) is 1. The van der Waals surface area contributed by atoms with E-state index < -0.39 is 0 Å². The summed E-state index contributed by atoms with van der Waals surface area (Å²) in [5, 5.41) is 4.75. The molecule has 0 aliphatic heterocycles. The average molecular weight is 216 g/mol. The number of hydrogen-bond donors (Lipinski definition) is 1. The third-order valence-corrected chi connectivity index (χ3v) is 3.45. The first kappa shape index (κ1) is 11.2. The summed E-state index contributed by atoms with van der Waals surface area (Å²) in [5.41, 5.74) is 5.45. The van der Waals surface area contributed by atoms with Gasteiger partial charge in [0.15, 0.2) is 0 Å². The highest BCUT2D eigenvalue weighted by atomic mass is 14.9. The molecule has 86 valence electrons. The van der Waals surface area contributed by atoms with Crippen LogP contribution in [0.4, 0.5) is 0 Å². The summed E-state index contributed by atoms with van der Waals surface area (Å²) in [6.07, 6.45) is 0. The molecule has 2 nitrogen and oxygen atoms in total. The zero-order chi connectivity index (χ0) is 11.7. The van der Waals surface area contributed by atoms with Crippen LogP contribution in [0.3, 0.4) is 0 Å². The Morgan fingerprint density at radius 3 is 2.69 bits per heavy atom. The Labute approximate surface area is 97.3 Å². The highest BCUT2D eigenvalue weighted by Crippen LogP contribution is 2.24. The van der Waals surface area contributed by atoms with E-state index in [0.717, 1.165) is 13.1 Å². The highest BCUT2D eigenvalue weighted by molar-refractivity contribution is 5.85. The van der Waals surface area contributed by atoms with Crippen LogP contribution >= 0.6 is 0 Å². The Morgan fingerprint density at radius 2 is 2.00 bits per heavy atom. The molecule has 0 fully saturated rings. The van der Waals surface area contributed by atoms with Gasteiger partial charge in [-0.2, -0.15) is 0 Å². The summed E-state index contributed by atoms with van der Waals surface area (Å²) in [6, 6.07) is 6.74. The van der Waals surface area contributed by atoms with Gasteiger partial charge in [0.1, 0.15) is 0 Å². The van der Waals surface area contributed by atoms with E-state index in [1.807, 2.05) is 0 Å². The molecule has 0 saturated heterocycles. The van der Waals surface area contributed by atoms with E-state index in [2.05, 4.69) is 55.9 Å². The first-order chi connectivity index (χ1) is 7.65. The number of rotatable bonds is 3. The second-order valence-corrected chi connectivity index (χ2v) is 4.40. The SMILES string of the molecule is CCNCc1ccc2c(c1)c(C)c(C)n2C. The van der Waals surface area contributed by atoms with Crippen molar-refractivity contribution in [3.05, 3.63) is 35.0 Å². The van der Waals surface area contributed by atoms with Gasteiger partial charge in [0.25, 0.3) is 0 Å². The molecule has 2 heteroatoms. The molecule has 0 spiro atoms. The minimum atomic E-state index is 0.958. The normalized spacial score (nSPS) is 11.2. The molecule has 1 aromatic carbocycles. The van der Waals surface area contributed by atoms with E-state index >= 15 is 0 Å². The number of benzene rings is 1. The number of nitrogens with zero attached hydrogens (tertiary/aromatic N) is 1. The fraction of sp³-hybridized carbons (Fsp3) is 0.429. The van der Waals surface area contributed by atoms with Crippen LogP contribution in [0, 0.1) is 13.8 Å². The van der Waals surface area contributed by atoms with Crippen molar-refractivity contribution < 1.29 is 0 Å². The Bertz CT molecular complexity index is 509. The molecule has 0 atom stereocenters. The van der Waals surface area contributed by atoms with Crippen molar-refractivity contribution in [2.45, 2.75) is 27.3 Å². The topological polar surface area (TPSA) is 17.0 Å². The molecule has 0 bridgehead atoms. The summed E-state index contributed by atoms with van der Waals surface area (Å²) in [4.78, 5) is 0. The number of aromatic nitrogens is 1. The number of aryl methyl sites for hydroxylation is 2. The quantitative estimate of drug-likeness (QED) is 0.834. The number of fused-ring (bicyclic) bond motifs is 1. The molecule has 1 N–H and O–H groups in total. The molecule has 0 amide bonds. The molecule has 2 rings (SSSR count). The fourth-order valence-electron chi connectivity index (χ4n) is 2.18. The molecule has 1 heterocycles. The van der Waals surface area contributed by atoms with Gasteiger partial charge in [0.05, 0.1) is 0 Å². The maximum absolute atomic E-state index is 3.36. The van der Waals surface area contributed by atoms with E-state index in [0.29, 0.717) is 0 Å². The van der Waals surface area contributed by atoms with Crippen LogP contribution in [0.2, 0.25) is 0 Å². The summed E-state index contributed by atoms with van der Waals surface area (Å²) >= 11 is 0. The van der Waals surface area contributed by atoms with Crippen molar-refractivity contribution in [1.29, 1.82) is 0 Å². The van der Waals surface area contributed by atoms with E-state index in [1.165, 1.54) is 27.7 Å². The Hall–Kier alpha value is -1.28. The van der Waals surface area contributed by atoms with Gasteiger partial charge < -0.3 is 9.88 Å². The second kappa shape index (κ2) is 4.30. The zero-order valence-electron chi connectivity index (χ0n) is 10.6. The van der Waals surface area contributed by atoms with Gasteiger partial charge in [-0.25, -0.2) is 0 Å². The predicted molar refractivity (Wildman–Crippen MR) is 69.8 cm³/mol. The smallest absolute Gasteiger partial charge is 0.0482 e. The molecule has 0 unspecified atom stereocenters. The molecule has 16 heavy (non-hydrogen) atoms. The Morgan fingerprint density at radius 1 is 1.25 bits per heavy atom. The maximum atomic E-state index is 3.36. The van der Waals surface area contributed by atoms with Crippen molar-refractivity contribution in [2.24, 2.45) is 7.05 Å². The zero-order valence-corrected chi connectivity index (χ0v) is 10.6. The van der Waals surface area contributed by atoms with Crippen LogP contribution in [0.25, 0.3) is 10.9 Å². The average Bonchev–Trinajstić information content (AvgIpc) is 2.52. The van der Waals surface area contributed by atoms with Gasteiger partial charge in [-0.05, 0) is 43.7 Å². The van der Waals surface area contributed by atoms with Gasteiger partial charge in [-0.1, -0.05) is 13.0 Å². The summed E-state index contributed by atoms with van der Waals surface area (Å²) in [6.45, 7) is 8.50. The van der Waals surface area contributed by atoms with Gasteiger partial charge in [0.2, 0.25) is 0 Å². The lowest BCUT2D eigenvalue weighted by Gasteiger charge is -2.03. The molecule has 0 radical (unpaired) electrons. The number of nitrogens with one attached hydrogen (secondary N) is 1. The molecule has 1 aromatic heterocycles. The van der Waals surface area contributed by atoms with E-state index in [9.17, 15) is 0 Å². The molecule has 0 aliphatic rings. The monoisotopic (exact) mass is 216 g/mol. The van der Waals surface area contributed by atoms with E-state index in [4.69, 9.17) is 0 Å². The minimum absolute atomic E-state index is 0.958. The molecular weight excluding hydrogens is 196 g/mol. The third kappa shape index (κ3) is 1.74. The predicted octanol–water partition coefficient (Wildman–Crippen LogP) is 2.90. The van der Waals surface area contributed by atoms with Gasteiger partial charge in [-0.15, -0.1) is 0 Å². The van der Waals surface area contributed by atoms with Crippen molar-refractivity contribution in [3.8, 4) is 0 Å². The lowest BCUT2D eigenvalue weighted by molar-refractivity contribution is 0.727. The lowest BCUT2D eigenvalue weighted by atomic mass is 10.1. The van der Waals surface area contributed by atoms with Crippen molar-refractivity contribution in [3.63, 3.8) is 0 Å². The van der Waals surface area contributed by atoms with Gasteiger partial charge >= 0.3 is 0 Å². The van der Waals surface area contributed by atoms with Crippen LogP contribution < -0.4 is 5.32 Å². The van der Waals surface area contributed by atoms with Crippen LogP contribution in [-0.4, -0.2) is 11.1 Å². The van der Waals surface area contributed by atoms with Crippen molar-refractivity contribution >= 4 is 10.9 Å². The van der Waals surface area contributed by atoms with Crippen LogP contribution in [0.1, 0.15) is 23.7 Å². The summed E-state index contributed by atoms with van der Waals surface area (Å²) in [7, 11) is 2.13. The standard InChI is InChI=1S/C14H20N2/c1-5-15-9-12-6-7-14-13(8-12)10(2)11(3)16(14)4/h6-8,15H,5,9H2,1-4H3. The molecular formula is C14H20N2. The van der Waals surface area contributed by atoms with Crippen LogP contribution in [0.15, 0.2) is 18.2 Å². The molecule has 2 aromatic rings. The molecule has 0 aliphatic carbocycles. The van der Waals surface area contributed by atoms with E-state index in [1.54, 1.807) is 0 Å². The highest BCUT2D eigenvalue weighted by Gasteiger charge is 2.08. The second-order valence-electron chi connectivity index (χ2n) is 4.40. The van der Waals surface area contributed by atoms with Crippen LogP contribution in [0.5, 0.6) is 0 Å². The first-order valence-corrected chi connectivity index (χ1v) is 5.90. The lowest BCUT2D eigenvalue weighted by Crippen LogP contribution is -2.11. The van der Waals surface area contributed by atoms with Gasteiger partial charge in [0, 0.05) is 30.2 Å².